The first-order chi connectivity index (χ1) is 15.2. The van der Waals surface area contributed by atoms with Crippen molar-refractivity contribution in [2.45, 2.75) is 0 Å². The molecule has 0 amide bonds. The monoisotopic (exact) mass is 678 g/mol. The van der Waals surface area contributed by atoms with E-state index < -0.39 is 0 Å². The van der Waals surface area contributed by atoms with E-state index in [2.05, 4.69) is 76.8 Å². The van der Waals surface area contributed by atoms with Crippen LogP contribution in [0.15, 0.2) is 50.6 Å². The van der Waals surface area contributed by atoms with Gasteiger partial charge in [-0.3, -0.25) is 19.2 Å². The number of hydrogen-bond donors (Lipinski definition) is 0. The van der Waals surface area contributed by atoms with Crippen LogP contribution in [0.1, 0.15) is 0 Å². The van der Waals surface area contributed by atoms with Gasteiger partial charge in [0.1, 0.15) is 0 Å². The number of hydrogen-bond acceptors (Lipinski definition) is 12. The number of carbonyl (C=O) groups excluding carboxylic acids is 4. The normalized spacial score (nSPS) is 8.36. The second-order valence-corrected chi connectivity index (χ2v) is 10.3. The van der Waals surface area contributed by atoms with Crippen molar-refractivity contribution in [2.75, 3.05) is 46.0 Å². The van der Waals surface area contributed by atoms with Gasteiger partial charge in [-0.2, -0.15) is 23.0 Å². The van der Waals surface area contributed by atoms with E-state index in [4.69, 9.17) is 0 Å². The molecule has 0 bridgehead atoms. The minimum atomic E-state index is 0. The molecule has 0 saturated heterocycles. The molecule has 0 N–H and O–H groups in total. The maximum Gasteiger partial charge on any atom is 4.00 e. The molecule has 0 aromatic rings. The maximum atomic E-state index is 10.4. The summed E-state index contributed by atoms with van der Waals surface area (Å²) in [6.07, 6.45) is 5.20. The fourth-order valence-corrected chi connectivity index (χ4v) is 3.41. The number of thioether (sulfide) groups is 4. The largest absolute Gasteiger partial charge is 4.00 e. The van der Waals surface area contributed by atoms with Gasteiger partial charge in [0.25, 0.3) is 0 Å². The van der Waals surface area contributed by atoms with Crippen LogP contribution in [0.25, 0.3) is 0 Å². The molecule has 13 heteroatoms. The molecule has 4 nitrogen and oxygen atoms in total. The van der Waals surface area contributed by atoms with Gasteiger partial charge in [-0.05, 0) is 47.3 Å². The fourth-order valence-electron chi connectivity index (χ4n) is 0.805. The van der Waals surface area contributed by atoms with E-state index >= 15 is 0 Å². The van der Waals surface area contributed by atoms with E-state index in [-0.39, 0.29) is 46.7 Å². The second kappa shape index (κ2) is 40.5. The van der Waals surface area contributed by atoms with Crippen LogP contribution in [0.2, 0.25) is 0 Å². The summed E-state index contributed by atoms with van der Waals surface area (Å²) in [7, 11) is 0. The summed E-state index contributed by atoms with van der Waals surface area (Å²) in [6, 6.07) is 0. The Morgan fingerprint density at radius 1 is 0.485 bits per heavy atom. The van der Waals surface area contributed by atoms with E-state index in [1.165, 1.54) is 71.4 Å². The van der Waals surface area contributed by atoms with Crippen LogP contribution in [0.4, 0.5) is 0 Å². The molecule has 0 aromatic heterocycles. The van der Waals surface area contributed by atoms with Crippen LogP contribution in [-0.2, 0) is 95.9 Å². The van der Waals surface area contributed by atoms with Gasteiger partial charge in [0, 0.05) is 0 Å². The Morgan fingerprint density at radius 3 is 0.727 bits per heavy atom. The molecule has 0 aliphatic carbocycles. The van der Waals surface area contributed by atoms with E-state index in [0.29, 0.717) is 23.0 Å². The molecule has 0 aromatic carbocycles. The molecular formula is C20H28O4S8Zr. The quantitative estimate of drug-likeness (QED) is 0.222. The summed E-state index contributed by atoms with van der Waals surface area (Å²) in [6.45, 7) is 13.2. The van der Waals surface area contributed by atoms with Crippen molar-refractivity contribution in [2.24, 2.45) is 0 Å². The molecule has 0 rings (SSSR count). The van der Waals surface area contributed by atoms with Gasteiger partial charge in [0.05, 0.1) is 0 Å². The van der Waals surface area contributed by atoms with E-state index in [1.807, 2.05) is 0 Å². The Morgan fingerprint density at radius 2 is 0.636 bits per heavy atom. The van der Waals surface area contributed by atoms with Gasteiger partial charge in [0.15, 0.2) is 0 Å². The molecule has 0 atom stereocenters. The maximum absolute atomic E-state index is 10.4. The Labute approximate surface area is 257 Å². The van der Waals surface area contributed by atoms with Gasteiger partial charge in [0.2, 0.25) is 20.5 Å². The SMILES string of the molecule is C=CC(=O)SCC[S-].C=CC(=O)SCC[S-].C=CC(=O)SCC[S-].C=CC(=O)SCC[S-].[Zr+4]. The Bertz CT molecular complexity index is 464. The summed E-state index contributed by atoms with van der Waals surface area (Å²) in [5.41, 5.74) is 0. The van der Waals surface area contributed by atoms with Gasteiger partial charge >= 0.3 is 26.2 Å². The number of rotatable bonds is 12. The van der Waals surface area contributed by atoms with Crippen LogP contribution in [0, 0.1) is 0 Å². The topological polar surface area (TPSA) is 68.3 Å². The molecule has 0 unspecified atom stereocenters. The van der Waals surface area contributed by atoms with Crippen molar-refractivity contribution in [3.05, 3.63) is 50.6 Å². The van der Waals surface area contributed by atoms with Crippen LogP contribution in [0.5, 0.6) is 0 Å². The van der Waals surface area contributed by atoms with Crippen LogP contribution in [0.3, 0.4) is 0 Å². The van der Waals surface area contributed by atoms with E-state index in [9.17, 15) is 19.2 Å². The summed E-state index contributed by atoms with van der Waals surface area (Å²) in [5, 5.41) is 0.0365. The average molecular weight is 680 g/mol. The Kier molecular flexibility index (Phi) is 54.4. The van der Waals surface area contributed by atoms with Crippen molar-refractivity contribution < 1.29 is 45.4 Å². The van der Waals surface area contributed by atoms with Gasteiger partial charge in [-0.15, -0.1) is 0 Å². The third-order valence-electron chi connectivity index (χ3n) is 1.98. The van der Waals surface area contributed by atoms with Crippen molar-refractivity contribution >= 4 is 118 Å². The first-order valence-corrected chi connectivity index (χ1v) is 15.0. The fraction of sp³-hybridized carbons (Fsp3) is 0.400. The third kappa shape index (κ3) is 51.0. The first-order valence-electron chi connectivity index (χ1n) is 8.73. The number of carbonyl (C=O) groups is 4. The average Bonchev–Trinajstić information content (AvgIpc) is 2.83. The molecule has 0 fully saturated rings. The van der Waals surface area contributed by atoms with Crippen molar-refractivity contribution in [3.63, 3.8) is 0 Å². The smallest absolute Gasteiger partial charge is 0.792 e. The predicted molar refractivity (Wildman–Crippen MR) is 160 cm³/mol. The van der Waals surface area contributed by atoms with Gasteiger partial charge in [-0.25, -0.2) is 0 Å². The second-order valence-electron chi connectivity index (χ2n) is 4.30. The van der Waals surface area contributed by atoms with Crippen LogP contribution in [-0.4, -0.2) is 66.5 Å². The molecule has 184 valence electrons. The van der Waals surface area contributed by atoms with Crippen molar-refractivity contribution in [1.29, 1.82) is 0 Å². The van der Waals surface area contributed by atoms with E-state index in [0.717, 1.165) is 23.0 Å². The summed E-state index contributed by atoms with van der Waals surface area (Å²) in [4.78, 5) is 41.5. The van der Waals surface area contributed by atoms with Crippen molar-refractivity contribution in [1.82, 2.24) is 0 Å². The standard InChI is InChI=1S/4C5H8OS2.Zr/c4*1-2-5(6)8-4-3-7;/h4*2,7H,1,3-4H2;/q;;;;+4/p-4. The Balaban J connectivity index is -0.000000105. The molecule has 0 heterocycles. The molecular weight excluding hydrogens is 652 g/mol. The molecule has 0 spiro atoms. The summed E-state index contributed by atoms with van der Waals surface area (Å²) >= 11 is 23.3. The Hall–Kier alpha value is 1.32. The minimum Gasteiger partial charge on any atom is -0.792 e. The third-order valence-corrected chi connectivity index (χ3v) is 7.27. The van der Waals surface area contributed by atoms with Gasteiger partial charge < -0.3 is 50.5 Å². The van der Waals surface area contributed by atoms with Crippen LogP contribution < -0.4 is 0 Å². The summed E-state index contributed by atoms with van der Waals surface area (Å²) < 4.78 is 0. The molecule has 0 saturated carbocycles. The zero-order chi connectivity index (χ0) is 25.6. The zero-order valence-corrected chi connectivity index (χ0v) is 27.2. The van der Waals surface area contributed by atoms with Crippen LogP contribution >= 0.6 is 47.0 Å². The minimum absolute atomic E-state index is 0. The first kappa shape index (κ1) is 44.3. The van der Waals surface area contributed by atoms with Gasteiger partial charge in [-0.1, -0.05) is 73.4 Å². The van der Waals surface area contributed by atoms with E-state index in [1.54, 1.807) is 0 Å². The zero-order valence-electron chi connectivity index (χ0n) is 18.2. The molecule has 0 aliphatic heterocycles. The predicted octanol–water partition coefficient (Wildman–Crippen LogP) is 3.91. The molecule has 0 radical (unpaired) electrons. The molecule has 0 aliphatic rings. The summed E-state index contributed by atoms with van der Waals surface area (Å²) in [5.74, 6) is 5.41. The van der Waals surface area contributed by atoms with Crippen molar-refractivity contribution in [3.8, 4) is 0 Å². The molecule has 33 heavy (non-hydrogen) atoms.